The van der Waals surface area contributed by atoms with Crippen LogP contribution in [0.2, 0.25) is 0 Å². The number of pyridine rings is 2. The van der Waals surface area contributed by atoms with Crippen LogP contribution in [0.5, 0.6) is 0 Å². The second-order valence-electron chi connectivity index (χ2n) is 5.63. The summed E-state index contributed by atoms with van der Waals surface area (Å²) < 4.78 is 0. The van der Waals surface area contributed by atoms with Crippen LogP contribution in [0.1, 0.15) is 11.3 Å². The first kappa shape index (κ1) is 14.2. The van der Waals surface area contributed by atoms with Gasteiger partial charge in [-0.25, -0.2) is 0 Å². The molecule has 0 bridgehead atoms. The molecule has 0 spiro atoms. The summed E-state index contributed by atoms with van der Waals surface area (Å²) in [5.41, 5.74) is 2.86. The normalized spacial score (nSPS) is 11.2. The van der Waals surface area contributed by atoms with E-state index in [4.69, 9.17) is 0 Å². The number of para-hydroxylation sites is 1. The highest BCUT2D eigenvalue weighted by molar-refractivity contribution is 6.00. The smallest absolute Gasteiger partial charge is 0.197 e. The molecule has 0 aliphatic rings. The molecule has 0 unspecified atom stereocenters. The average Bonchev–Trinajstić information content (AvgIpc) is 2.61. The van der Waals surface area contributed by atoms with E-state index in [1.54, 1.807) is 24.3 Å². The summed E-state index contributed by atoms with van der Waals surface area (Å²) >= 11 is 0. The minimum Gasteiger partial charge on any atom is -0.354 e. The minimum absolute atomic E-state index is 0.0601. The van der Waals surface area contributed by atoms with Gasteiger partial charge < -0.3 is 9.97 Å². The third-order valence-electron chi connectivity index (χ3n) is 4.30. The van der Waals surface area contributed by atoms with Gasteiger partial charge in [0.2, 0.25) is 0 Å². The van der Waals surface area contributed by atoms with Gasteiger partial charge in [-0.3, -0.25) is 9.59 Å². The molecule has 4 heteroatoms. The Kier molecular flexibility index (Phi) is 3.00. The Balaban J connectivity index is 2.25. The number of aromatic amines is 2. The van der Waals surface area contributed by atoms with Crippen molar-refractivity contribution in [2.45, 2.75) is 0 Å². The molecule has 2 N–H and O–H groups in total. The summed E-state index contributed by atoms with van der Waals surface area (Å²) in [7, 11) is 0. The molecular weight excluding hydrogens is 300 g/mol. The number of rotatable bonds is 2. The second-order valence-corrected chi connectivity index (χ2v) is 5.63. The Morgan fingerprint density at radius 1 is 0.750 bits per heavy atom. The Hall–Kier alpha value is -3.40. The average molecular weight is 314 g/mol. The van der Waals surface area contributed by atoms with E-state index in [2.05, 4.69) is 23.1 Å². The Bertz CT molecular complexity index is 1280. The zero-order valence-corrected chi connectivity index (χ0v) is 12.8. The van der Waals surface area contributed by atoms with Crippen molar-refractivity contribution >= 4 is 44.9 Å². The Morgan fingerprint density at radius 2 is 1.42 bits per heavy atom. The van der Waals surface area contributed by atoms with Gasteiger partial charge in [-0.05, 0) is 30.3 Å². The summed E-state index contributed by atoms with van der Waals surface area (Å²) in [4.78, 5) is 31.8. The maximum atomic E-state index is 12.7. The van der Waals surface area contributed by atoms with Crippen molar-refractivity contribution in [3.63, 3.8) is 0 Å². The van der Waals surface area contributed by atoms with Crippen molar-refractivity contribution in [2.75, 3.05) is 0 Å². The van der Waals surface area contributed by atoms with Crippen molar-refractivity contribution in [2.24, 2.45) is 0 Å². The lowest BCUT2D eigenvalue weighted by Gasteiger charge is -2.08. The van der Waals surface area contributed by atoms with Crippen molar-refractivity contribution in [3.8, 4) is 0 Å². The fourth-order valence-electron chi connectivity index (χ4n) is 3.11. The SMILES string of the molecule is C=Cc1[nH]c2cc3c(=O)c4ccccc4[nH]c3cc2c(=O)c1C=C. The first-order valence-corrected chi connectivity index (χ1v) is 7.53. The zero-order chi connectivity index (χ0) is 16.8. The molecule has 0 radical (unpaired) electrons. The molecule has 2 aromatic carbocycles. The van der Waals surface area contributed by atoms with Crippen molar-refractivity contribution in [3.05, 3.63) is 81.3 Å². The third-order valence-corrected chi connectivity index (χ3v) is 4.30. The van der Waals surface area contributed by atoms with Crippen LogP contribution in [-0.2, 0) is 0 Å². The zero-order valence-electron chi connectivity index (χ0n) is 12.8. The number of hydrogen-bond acceptors (Lipinski definition) is 2. The summed E-state index contributed by atoms with van der Waals surface area (Å²) in [6.07, 6.45) is 3.09. The van der Waals surface area contributed by atoms with Crippen molar-refractivity contribution < 1.29 is 0 Å². The standard InChI is InChI=1S/C20H14N2O2/c1-3-11-15(4-2)21-17-10-14-18(9-13(17)19(11)23)22-16-8-6-5-7-12(16)20(14)24/h3-10H,1-2H2,(H,21,23)(H,22,24). The number of aromatic nitrogens is 2. The molecule has 0 fully saturated rings. The van der Waals surface area contributed by atoms with Gasteiger partial charge in [0.1, 0.15) is 0 Å². The van der Waals surface area contributed by atoms with Gasteiger partial charge in [0.05, 0.1) is 11.0 Å². The van der Waals surface area contributed by atoms with Crippen molar-refractivity contribution in [1.82, 2.24) is 9.97 Å². The monoisotopic (exact) mass is 314 g/mol. The molecule has 116 valence electrons. The van der Waals surface area contributed by atoms with Gasteiger partial charge in [-0.1, -0.05) is 31.4 Å². The fraction of sp³-hybridized carbons (Fsp3) is 0. The van der Waals surface area contributed by atoms with E-state index in [1.807, 2.05) is 18.2 Å². The maximum absolute atomic E-state index is 12.7. The van der Waals surface area contributed by atoms with Gasteiger partial charge in [0.15, 0.2) is 10.9 Å². The van der Waals surface area contributed by atoms with Gasteiger partial charge in [-0.15, -0.1) is 0 Å². The number of fused-ring (bicyclic) bond motifs is 3. The molecule has 2 heterocycles. The molecule has 0 saturated heterocycles. The highest BCUT2D eigenvalue weighted by Crippen LogP contribution is 2.21. The predicted molar refractivity (Wildman–Crippen MR) is 100 cm³/mol. The van der Waals surface area contributed by atoms with Crippen LogP contribution in [0.3, 0.4) is 0 Å². The van der Waals surface area contributed by atoms with E-state index in [9.17, 15) is 9.59 Å². The fourth-order valence-corrected chi connectivity index (χ4v) is 3.11. The minimum atomic E-state index is -0.135. The van der Waals surface area contributed by atoms with Crippen LogP contribution < -0.4 is 10.9 Å². The van der Waals surface area contributed by atoms with Gasteiger partial charge >= 0.3 is 0 Å². The lowest BCUT2D eigenvalue weighted by molar-refractivity contribution is 1.34. The molecule has 0 atom stereocenters. The number of H-pyrrole nitrogens is 2. The summed E-state index contributed by atoms with van der Waals surface area (Å²) in [6.45, 7) is 7.42. The first-order valence-electron chi connectivity index (χ1n) is 7.53. The highest BCUT2D eigenvalue weighted by Gasteiger charge is 2.11. The molecule has 24 heavy (non-hydrogen) atoms. The summed E-state index contributed by atoms with van der Waals surface area (Å²) in [5, 5.41) is 1.67. The van der Waals surface area contributed by atoms with Gasteiger partial charge in [-0.2, -0.15) is 0 Å². The molecule has 2 aromatic heterocycles. The number of nitrogens with one attached hydrogen (secondary N) is 2. The van der Waals surface area contributed by atoms with E-state index >= 15 is 0 Å². The van der Waals surface area contributed by atoms with Gasteiger partial charge in [0.25, 0.3) is 0 Å². The number of benzene rings is 2. The van der Waals surface area contributed by atoms with Crippen LogP contribution in [0.25, 0.3) is 44.9 Å². The maximum Gasteiger partial charge on any atom is 0.197 e. The quantitative estimate of drug-likeness (QED) is 0.553. The van der Waals surface area contributed by atoms with E-state index in [0.717, 1.165) is 5.52 Å². The van der Waals surface area contributed by atoms with Crippen LogP contribution in [0.15, 0.2) is 59.1 Å². The lowest BCUT2D eigenvalue weighted by Crippen LogP contribution is -2.11. The van der Waals surface area contributed by atoms with E-state index in [0.29, 0.717) is 38.4 Å². The van der Waals surface area contributed by atoms with E-state index in [1.165, 1.54) is 6.08 Å². The third kappa shape index (κ3) is 1.86. The van der Waals surface area contributed by atoms with Crippen molar-refractivity contribution in [1.29, 1.82) is 0 Å². The summed E-state index contributed by atoms with van der Waals surface area (Å²) in [5.74, 6) is 0. The van der Waals surface area contributed by atoms with E-state index in [-0.39, 0.29) is 10.9 Å². The second kappa shape index (κ2) is 5.06. The number of hydrogen-bond donors (Lipinski definition) is 2. The molecule has 4 nitrogen and oxygen atoms in total. The predicted octanol–water partition coefficient (Wildman–Crippen LogP) is 3.81. The Labute approximate surface area is 136 Å². The largest absolute Gasteiger partial charge is 0.354 e. The molecule has 0 saturated carbocycles. The molecule has 0 aliphatic carbocycles. The van der Waals surface area contributed by atoms with Crippen LogP contribution in [0, 0.1) is 0 Å². The molecule has 0 amide bonds. The first-order chi connectivity index (χ1) is 11.6. The Morgan fingerprint density at radius 3 is 2.12 bits per heavy atom. The van der Waals surface area contributed by atoms with Gasteiger partial charge in [0, 0.05) is 32.9 Å². The van der Waals surface area contributed by atoms with Crippen LogP contribution >= 0.6 is 0 Å². The molecular formula is C20H14N2O2. The highest BCUT2D eigenvalue weighted by atomic mass is 16.1. The molecule has 0 aliphatic heterocycles. The lowest BCUT2D eigenvalue weighted by atomic mass is 10.0. The van der Waals surface area contributed by atoms with Crippen LogP contribution in [0.4, 0.5) is 0 Å². The molecule has 4 aromatic rings. The topological polar surface area (TPSA) is 65.7 Å². The molecule has 4 rings (SSSR count). The van der Waals surface area contributed by atoms with E-state index < -0.39 is 0 Å². The van der Waals surface area contributed by atoms with Crippen LogP contribution in [-0.4, -0.2) is 9.97 Å². The summed E-state index contributed by atoms with van der Waals surface area (Å²) in [6, 6.07) is 10.8.